The van der Waals surface area contributed by atoms with Crippen molar-refractivity contribution in [2.24, 2.45) is 5.92 Å². The maximum absolute atomic E-state index is 11.8. The normalized spacial score (nSPS) is 18.5. The minimum Gasteiger partial charge on any atom is -0.481 e. The van der Waals surface area contributed by atoms with Crippen molar-refractivity contribution in [3.05, 3.63) is 36.4 Å². The van der Waals surface area contributed by atoms with E-state index in [2.05, 4.69) is 10.2 Å². The summed E-state index contributed by atoms with van der Waals surface area (Å²) < 4.78 is 0. The topological polar surface area (TPSA) is 86.3 Å². The summed E-state index contributed by atoms with van der Waals surface area (Å²) in [6, 6.07) is 11.4. The van der Waals surface area contributed by atoms with E-state index >= 15 is 0 Å². The number of carbonyl (C=O) groups is 2. The van der Waals surface area contributed by atoms with Gasteiger partial charge in [0.05, 0.1) is 11.6 Å². The number of aromatic amines is 1. The minimum atomic E-state index is -0.945. The molecular weight excluding hydrogens is 258 g/mol. The Bertz CT molecular complexity index is 651. The van der Waals surface area contributed by atoms with Gasteiger partial charge in [-0.05, 0) is 5.56 Å². The first-order valence-electron chi connectivity index (χ1n) is 6.29. The number of aliphatic carboxylic acids is 1. The zero-order valence-electron chi connectivity index (χ0n) is 10.6. The van der Waals surface area contributed by atoms with Gasteiger partial charge in [0.1, 0.15) is 0 Å². The summed E-state index contributed by atoms with van der Waals surface area (Å²) in [5.41, 5.74) is 1.76. The van der Waals surface area contributed by atoms with Crippen LogP contribution in [-0.2, 0) is 9.59 Å². The van der Waals surface area contributed by atoms with Gasteiger partial charge in [0.2, 0.25) is 5.91 Å². The number of hydrogen-bond acceptors (Lipinski definition) is 3. The highest BCUT2D eigenvalue weighted by atomic mass is 16.4. The van der Waals surface area contributed by atoms with E-state index in [9.17, 15) is 9.59 Å². The number of nitrogens with zero attached hydrogens (tertiary/aromatic N) is 2. The lowest BCUT2D eigenvalue weighted by molar-refractivity contribution is -0.141. The highest BCUT2D eigenvalue weighted by Gasteiger charge is 2.36. The molecule has 1 aromatic heterocycles. The molecule has 1 saturated heterocycles. The number of nitrogens with one attached hydrogen (secondary N) is 1. The van der Waals surface area contributed by atoms with E-state index in [-0.39, 0.29) is 18.9 Å². The van der Waals surface area contributed by atoms with Crippen LogP contribution in [0.2, 0.25) is 0 Å². The molecule has 6 nitrogen and oxygen atoms in total. The maximum Gasteiger partial charge on any atom is 0.308 e. The van der Waals surface area contributed by atoms with Gasteiger partial charge in [-0.3, -0.25) is 19.6 Å². The van der Waals surface area contributed by atoms with E-state index in [1.807, 2.05) is 30.3 Å². The molecule has 2 heterocycles. The number of carboxylic acid groups (broad SMARTS) is 1. The average molecular weight is 271 g/mol. The summed E-state index contributed by atoms with van der Waals surface area (Å²) in [5, 5.41) is 15.9. The quantitative estimate of drug-likeness (QED) is 0.886. The molecule has 6 heteroatoms. The van der Waals surface area contributed by atoms with Gasteiger partial charge in [-0.1, -0.05) is 30.3 Å². The molecule has 1 aromatic carbocycles. The number of H-pyrrole nitrogens is 1. The molecule has 0 radical (unpaired) electrons. The fourth-order valence-corrected chi connectivity index (χ4v) is 2.31. The molecule has 1 amide bonds. The predicted molar refractivity (Wildman–Crippen MR) is 72.1 cm³/mol. The van der Waals surface area contributed by atoms with E-state index in [4.69, 9.17) is 5.11 Å². The summed E-state index contributed by atoms with van der Waals surface area (Å²) in [4.78, 5) is 24.2. The predicted octanol–water partition coefficient (Wildman–Crippen LogP) is 1.51. The van der Waals surface area contributed by atoms with E-state index in [1.165, 1.54) is 4.90 Å². The van der Waals surface area contributed by atoms with Gasteiger partial charge in [0.25, 0.3) is 0 Å². The van der Waals surface area contributed by atoms with Crippen LogP contribution >= 0.6 is 0 Å². The molecule has 0 spiro atoms. The first kappa shape index (κ1) is 12.4. The monoisotopic (exact) mass is 271 g/mol. The second-order valence-corrected chi connectivity index (χ2v) is 4.75. The molecule has 1 unspecified atom stereocenters. The number of aromatic nitrogens is 2. The van der Waals surface area contributed by atoms with Crippen LogP contribution in [-0.4, -0.2) is 33.7 Å². The number of rotatable bonds is 3. The molecule has 20 heavy (non-hydrogen) atoms. The Hall–Kier alpha value is -2.63. The number of amides is 1. The largest absolute Gasteiger partial charge is 0.481 e. The van der Waals surface area contributed by atoms with Gasteiger partial charge in [-0.15, -0.1) is 0 Å². The van der Waals surface area contributed by atoms with Gasteiger partial charge >= 0.3 is 5.97 Å². The lowest BCUT2D eigenvalue weighted by Crippen LogP contribution is -2.26. The van der Waals surface area contributed by atoms with E-state index in [0.717, 1.165) is 11.3 Å². The van der Waals surface area contributed by atoms with Crippen molar-refractivity contribution in [3.63, 3.8) is 0 Å². The summed E-state index contributed by atoms with van der Waals surface area (Å²) in [7, 11) is 0. The van der Waals surface area contributed by atoms with Crippen molar-refractivity contribution in [3.8, 4) is 11.3 Å². The fourth-order valence-electron chi connectivity index (χ4n) is 2.31. The number of anilines is 1. The van der Waals surface area contributed by atoms with E-state index < -0.39 is 11.9 Å². The van der Waals surface area contributed by atoms with Crippen molar-refractivity contribution in [1.82, 2.24) is 10.2 Å². The number of benzene rings is 1. The van der Waals surface area contributed by atoms with Crippen LogP contribution in [0.1, 0.15) is 6.42 Å². The third kappa shape index (κ3) is 2.16. The summed E-state index contributed by atoms with van der Waals surface area (Å²) >= 11 is 0. The molecule has 1 atom stereocenters. The molecule has 1 aliphatic heterocycles. The Kier molecular flexibility index (Phi) is 2.98. The van der Waals surface area contributed by atoms with Crippen molar-refractivity contribution >= 4 is 17.7 Å². The summed E-state index contributed by atoms with van der Waals surface area (Å²) in [5.74, 6) is -1.33. The van der Waals surface area contributed by atoms with Crippen molar-refractivity contribution < 1.29 is 14.7 Å². The Morgan fingerprint density at radius 2 is 2.10 bits per heavy atom. The van der Waals surface area contributed by atoms with Crippen LogP contribution in [0.25, 0.3) is 11.3 Å². The molecule has 2 aromatic rings. The third-order valence-electron chi connectivity index (χ3n) is 3.40. The molecule has 0 saturated carbocycles. The standard InChI is InChI=1S/C14H13N3O3/c18-13-6-10(14(19)20)8-17(13)12-7-11(15-16-12)9-4-2-1-3-5-9/h1-5,7,10H,6,8H2,(H,15,16)(H,19,20). The van der Waals surface area contributed by atoms with E-state index in [0.29, 0.717) is 5.82 Å². The van der Waals surface area contributed by atoms with Crippen LogP contribution in [0.5, 0.6) is 0 Å². The van der Waals surface area contributed by atoms with Crippen LogP contribution in [0, 0.1) is 5.92 Å². The smallest absolute Gasteiger partial charge is 0.308 e. The number of hydrogen-bond donors (Lipinski definition) is 2. The zero-order valence-corrected chi connectivity index (χ0v) is 10.6. The molecule has 0 aliphatic carbocycles. The molecule has 0 bridgehead atoms. The van der Waals surface area contributed by atoms with Crippen LogP contribution in [0.15, 0.2) is 36.4 Å². The Balaban J connectivity index is 1.84. The molecule has 2 N–H and O–H groups in total. The fraction of sp³-hybridized carbons (Fsp3) is 0.214. The lowest BCUT2D eigenvalue weighted by atomic mass is 10.1. The number of carbonyl (C=O) groups excluding carboxylic acids is 1. The van der Waals surface area contributed by atoms with Crippen LogP contribution < -0.4 is 4.90 Å². The Morgan fingerprint density at radius 1 is 1.35 bits per heavy atom. The first-order valence-corrected chi connectivity index (χ1v) is 6.29. The molecule has 102 valence electrons. The van der Waals surface area contributed by atoms with Gasteiger partial charge < -0.3 is 5.11 Å². The third-order valence-corrected chi connectivity index (χ3v) is 3.40. The van der Waals surface area contributed by atoms with Crippen LogP contribution in [0.3, 0.4) is 0 Å². The number of carboxylic acids is 1. The first-order chi connectivity index (χ1) is 9.65. The molecule has 1 aliphatic rings. The van der Waals surface area contributed by atoms with E-state index in [1.54, 1.807) is 6.07 Å². The van der Waals surface area contributed by atoms with Gasteiger partial charge in [-0.2, -0.15) is 5.10 Å². The highest BCUT2D eigenvalue weighted by molar-refractivity contribution is 5.98. The Morgan fingerprint density at radius 3 is 2.75 bits per heavy atom. The molecular formula is C14H13N3O3. The van der Waals surface area contributed by atoms with Gasteiger partial charge in [0, 0.05) is 19.0 Å². The zero-order chi connectivity index (χ0) is 14.1. The SMILES string of the molecule is O=C(O)C1CC(=O)N(c2cc(-c3ccccc3)[nH]n2)C1. The van der Waals surface area contributed by atoms with Gasteiger partial charge in [0.15, 0.2) is 5.82 Å². The maximum atomic E-state index is 11.8. The summed E-state index contributed by atoms with van der Waals surface area (Å²) in [6.07, 6.45) is 0.0306. The van der Waals surface area contributed by atoms with Crippen molar-refractivity contribution in [2.45, 2.75) is 6.42 Å². The van der Waals surface area contributed by atoms with Crippen molar-refractivity contribution in [2.75, 3.05) is 11.4 Å². The van der Waals surface area contributed by atoms with Gasteiger partial charge in [-0.25, -0.2) is 0 Å². The Labute approximate surface area is 115 Å². The highest BCUT2D eigenvalue weighted by Crippen LogP contribution is 2.27. The minimum absolute atomic E-state index is 0.0306. The second-order valence-electron chi connectivity index (χ2n) is 4.75. The second kappa shape index (κ2) is 4.80. The average Bonchev–Trinajstić information content (AvgIpc) is 3.06. The van der Waals surface area contributed by atoms with Crippen LogP contribution in [0.4, 0.5) is 5.82 Å². The van der Waals surface area contributed by atoms with Crippen molar-refractivity contribution in [1.29, 1.82) is 0 Å². The summed E-state index contributed by atoms with van der Waals surface area (Å²) in [6.45, 7) is 0.174. The lowest BCUT2D eigenvalue weighted by Gasteiger charge is -2.11. The molecule has 3 rings (SSSR count). The molecule has 1 fully saturated rings.